The first-order valence-corrected chi connectivity index (χ1v) is 5.84. The number of rotatable bonds is 4. The van der Waals surface area contributed by atoms with Crippen molar-refractivity contribution in [3.05, 3.63) is 51.8 Å². The molecule has 0 saturated carbocycles. The third kappa shape index (κ3) is 3.16. The quantitative estimate of drug-likeness (QED) is 0.849. The first-order valence-electron chi connectivity index (χ1n) is 5.84. The number of nitrogens with zero attached hydrogens (tertiary/aromatic N) is 3. The average molecular weight is 255 g/mol. The van der Waals surface area contributed by atoms with Crippen molar-refractivity contribution in [2.45, 2.75) is 13.3 Å². The monoisotopic (exact) mass is 255 g/mol. The van der Waals surface area contributed by atoms with Crippen LogP contribution < -0.4 is 10.9 Å². The molecule has 0 atom stereocenters. The SMILES string of the molecule is Cc1nc(NCCc2ccncc2)c(C#N)c(=O)[nH]1. The molecule has 2 aromatic heterocycles. The lowest BCUT2D eigenvalue weighted by atomic mass is 10.2. The van der Waals surface area contributed by atoms with Gasteiger partial charge in [0.2, 0.25) is 0 Å². The van der Waals surface area contributed by atoms with Crippen LogP contribution in [0.2, 0.25) is 0 Å². The van der Waals surface area contributed by atoms with Crippen molar-refractivity contribution in [2.75, 3.05) is 11.9 Å². The minimum absolute atomic E-state index is 0.0142. The van der Waals surface area contributed by atoms with Crippen LogP contribution in [0.25, 0.3) is 0 Å². The predicted octanol–water partition coefficient (Wildman–Crippen LogP) is 1.000. The molecule has 0 fully saturated rings. The van der Waals surface area contributed by atoms with Crippen LogP contribution in [0.15, 0.2) is 29.3 Å². The number of nitriles is 1. The molecule has 0 amide bonds. The van der Waals surface area contributed by atoms with E-state index in [2.05, 4.69) is 20.3 Å². The smallest absolute Gasteiger partial charge is 0.271 e. The Bertz CT molecular complexity index is 657. The largest absolute Gasteiger partial charge is 0.368 e. The molecule has 0 aliphatic heterocycles. The number of anilines is 1. The fraction of sp³-hybridized carbons (Fsp3) is 0.231. The Balaban J connectivity index is 2.08. The zero-order valence-corrected chi connectivity index (χ0v) is 10.5. The zero-order valence-electron chi connectivity index (χ0n) is 10.5. The van der Waals surface area contributed by atoms with Crippen molar-refractivity contribution in [1.29, 1.82) is 5.26 Å². The number of nitrogens with one attached hydrogen (secondary N) is 2. The Hall–Kier alpha value is -2.68. The summed E-state index contributed by atoms with van der Waals surface area (Å²) in [6.45, 7) is 2.27. The molecule has 6 heteroatoms. The highest BCUT2D eigenvalue weighted by atomic mass is 16.1. The molecule has 2 aromatic rings. The minimum Gasteiger partial charge on any atom is -0.368 e. The molecule has 0 spiro atoms. The van der Waals surface area contributed by atoms with E-state index in [9.17, 15) is 4.79 Å². The molecule has 19 heavy (non-hydrogen) atoms. The molecule has 0 bridgehead atoms. The van der Waals surface area contributed by atoms with Crippen molar-refractivity contribution in [3.8, 4) is 6.07 Å². The van der Waals surface area contributed by atoms with Crippen molar-refractivity contribution in [1.82, 2.24) is 15.0 Å². The Labute approximate surface area is 110 Å². The van der Waals surface area contributed by atoms with Gasteiger partial charge in [0, 0.05) is 18.9 Å². The predicted molar refractivity (Wildman–Crippen MR) is 70.7 cm³/mol. The third-order valence-electron chi connectivity index (χ3n) is 2.61. The topological polar surface area (TPSA) is 94.5 Å². The molecule has 96 valence electrons. The summed E-state index contributed by atoms with van der Waals surface area (Å²) in [5, 5.41) is 12.0. The Kier molecular flexibility index (Phi) is 3.88. The summed E-state index contributed by atoms with van der Waals surface area (Å²) in [6.07, 6.45) is 4.22. The second kappa shape index (κ2) is 5.78. The van der Waals surface area contributed by atoms with Crippen molar-refractivity contribution < 1.29 is 0 Å². The molecule has 0 unspecified atom stereocenters. The van der Waals surface area contributed by atoms with Gasteiger partial charge in [-0.3, -0.25) is 9.78 Å². The van der Waals surface area contributed by atoms with Crippen LogP contribution in [-0.4, -0.2) is 21.5 Å². The summed E-state index contributed by atoms with van der Waals surface area (Å²) < 4.78 is 0. The molecule has 0 aromatic carbocycles. The van der Waals surface area contributed by atoms with E-state index < -0.39 is 5.56 Å². The van der Waals surface area contributed by atoms with Gasteiger partial charge in [0.25, 0.3) is 5.56 Å². The number of hydrogen-bond acceptors (Lipinski definition) is 5. The van der Waals surface area contributed by atoms with E-state index in [0.717, 1.165) is 12.0 Å². The van der Waals surface area contributed by atoms with Crippen LogP contribution in [0, 0.1) is 18.3 Å². The highest BCUT2D eigenvalue weighted by Gasteiger charge is 2.08. The third-order valence-corrected chi connectivity index (χ3v) is 2.61. The van der Waals surface area contributed by atoms with E-state index in [-0.39, 0.29) is 5.56 Å². The van der Waals surface area contributed by atoms with Gasteiger partial charge >= 0.3 is 0 Å². The van der Waals surface area contributed by atoms with E-state index in [1.54, 1.807) is 19.3 Å². The summed E-state index contributed by atoms with van der Waals surface area (Å²) in [4.78, 5) is 22.1. The fourth-order valence-electron chi connectivity index (χ4n) is 1.69. The lowest BCUT2D eigenvalue weighted by molar-refractivity contribution is 0.960. The van der Waals surface area contributed by atoms with Crippen molar-refractivity contribution in [2.24, 2.45) is 0 Å². The lowest BCUT2D eigenvalue weighted by Crippen LogP contribution is -2.18. The first kappa shape index (κ1) is 12.8. The molecular weight excluding hydrogens is 242 g/mol. The van der Waals surface area contributed by atoms with Gasteiger partial charge in [0.1, 0.15) is 11.9 Å². The maximum absolute atomic E-state index is 11.6. The molecule has 2 N–H and O–H groups in total. The summed E-state index contributed by atoms with van der Waals surface area (Å²) >= 11 is 0. The van der Waals surface area contributed by atoms with E-state index in [4.69, 9.17) is 5.26 Å². The van der Waals surface area contributed by atoms with Gasteiger partial charge < -0.3 is 10.3 Å². The molecule has 0 aliphatic rings. The summed E-state index contributed by atoms with van der Waals surface area (Å²) in [5.41, 5.74) is 0.726. The molecule has 2 rings (SSSR count). The summed E-state index contributed by atoms with van der Waals surface area (Å²) in [6, 6.07) is 5.70. The van der Waals surface area contributed by atoms with Crippen LogP contribution in [0.1, 0.15) is 17.0 Å². The second-order valence-corrected chi connectivity index (χ2v) is 4.02. The number of aromatic amines is 1. The van der Waals surface area contributed by atoms with E-state index in [1.165, 1.54) is 0 Å². The van der Waals surface area contributed by atoms with Crippen LogP contribution in [0.4, 0.5) is 5.82 Å². The standard InChI is InChI=1S/C13H13N5O/c1-9-17-12(11(8-14)13(19)18-9)16-7-4-10-2-5-15-6-3-10/h2-3,5-6H,4,7H2,1H3,(H2,16,17,18,19). The van der Waals surface area contributed by atoms with Crippen LogP contribution >= 0.6 is 0 Å². The van der Waals surface area contributed by atoms with Crippen molar-refractivity contribution in [3.63, 3.8) is 0 Å². The van der Waals surface area contributed by atoms with Gasteiger partial charge in [-0.1, -0.05) is 0 Å². The lowest BCUT2D eigenvalue weighted by Gasteiger charge is -2.07. The van der Waals surface area contributed by atoms with E-state index in [1.807, 2.05) is 18.2 Å². The van der Waals surface area contributed by atoms with Gasteiger partial charge in [-0.25, -0.2) is 4.98 Å². The Morgan fingerprint density at radius 1 is 1.42 bits per heavy atom. The maximum atomic E-state index is 11.6. The number of H-pyrrole nitrogens is 1. The maximum Gasteiger partial charge on any atom is 0.271 e. The Morgan fingerprint density at radius 2 is 2.16 bits per heavy atom. The number of hydrogen-bond donors (Lipinski definition) is 2. The van der Waals surface area contributed by atoms with Crippen LogP contribution in [0.5, 0.6) is 0 Å². The van der Waals surface area contributed by atoms with Gasteiger partial charge in [0.15, 0.2) is 11.4 Å². The van der Waals surface area contributed by atoms with Crippen LogP contribution in [0.3, 0.4) is 0 Å². The summed E-state index contributed by atoms with van der Waals surface area (Å²) in [5.74, 6) is 0.813. The van der Waals surface area contributed by atoms with Crippen LogP contribution in [-0.2, 0) is 6.42 Å². The highest BCUT2D eigenvalue weighted by molar-refractivity contribution is 5.50. The van der Waals surface area contributed by atoms with Crippen molar-refractivity contribution >= 4 is 5.82 Å². The van der Waals surface area contributed by atoms with E-state index >= 15 is 0 Å². The molecule has 0 radical (unpaired) electrons. The van der Waals surface area contributed by atoms with Gasteiger partial charge in [0.05, 0.1) is 0 Å². The number of aryl methyl sites for hydroxylation is 1. The van der Waals surface area contributed by atoms with Gasteiger partial charge in [-0.2, -0.15) is 5.26 Å². The second-order valence-electron chi connectivity index (χ2n) is 4.02. The van der Waals surface area contributed by atoms with Gasteiger partial charge in [-0.05, 0) is 31.0 Å². The van der Waals surface area contributed by atoms with E-state index in [0.29, 0.717) is 18.2 Å². The molecule has 6 nitrogen and oxygen atoms in total. The zero-order chi connectivity index (χ0) is 13.7. The number of pyridine rings is 1. The Morgan fingerprint density at radius 3 is 2.84 bits per heavy atom. The molecule has 0 saturated heterocycles. The average Bonchev–Trinajstić information content (AvgIpc) is 2.39. The molecule has 0 aliphatic carbocycles. The number of aromatic nitrogens is 3. The first-order chi connectivity index (χ1) is 9.20. The molecule has 2 heterocycles. The molecular formula is C13H13N5O. The fourth-order valence-corrected chi connectivity index (χ4v) is 1.69. The van der Waals surface area contributed by atoms with Gasteiger partial charge in [-0.15, -0.1) is 0 Å². The normalized spacial score (nSPS) is 9.89. The minimum atomic E-state index is -0.415. The summed E-state index contributed by atoms with van der Waals surface area (Å²) in [7, 11) is 0. The highest BCUT2D eigenvalue weighted by Crippen LogP contribution is 2.06.